The Morgan fingerprint density at radius 3 is 2.34 bits per heavy atom. The third kappa shape index (κ3) is 6.25. The molecule has 2 aromatic rings. The Bertz CT molecular complexity index is 1040. The Morgan fingerprint density at radius 2 is 1.83 bits per heavy atom. The molecule has 4 atom stereocenters. The summed E-state index contributed by atoms with van der Waals surface area (Å²) in [5, 5.41) is 7.41. The fraction of sp³-hybridized carbons (Fsp3) is 0.714. The van der Waals surface area contributed by atoms with Crippen molar-refractivity contribution in [3.05, 3.63) is 23.9 Å². The molecule has 3 rings (SSSR count). The third-order valence-electron chi connectivity index (χ3n) is 5.88. The number of ether oxygens (including phenoxy) is 5. The maximum absolute atomic E-state index is 13.4. The van der Waals surface area contributed by atoms with Crippen LogP contribution in [0.2, 0.25) is 0 Å². The first-order valence-electron chi connectivity index (χ1n) is 11.2. The van der Waals surface area contributed by atoms with Gasteiger partial charge >= 0.3 is 0 Å². The van der Waals surface area contributed by atoms with Gasteiger partial charge in [-0.2, -0.15) is 0 Å². The van der Waals surface area contributed by atoms with E-state index in [9.17, 15) is 8.42 Å². The van der Waals surface area contributed by atoms with E-state index in [0.717, 1.165) is 12.8 Å². The monoisotopic (exact) mass is 514 g/mol. The molecule has 0 amide bonds. The van der Waals surface area contributed by atoms with Crippen molar-refractivity contribution in [2.24, 2.45) is 0 Å². The van der Waals surface area contributed by atoms with Crippen LogP contribution in [0.3, 0.4) is 0 Å². The molecule has 2 aromatic heterocycles. The molecule has 0 bridgehead atoms. The molecular formula is C21H34N6O7S. The molecule has 0 saturated carbocycles. The standard InChI is InChI=1S/C21H34N6O7S/c1-13-7-8-17(34-13)20-24-25-21(27(20)15(11-30-3)12-31-4)26-35(28,29)14(2)19(33-6)16-9-23-18(32-5)10-22-16/h9-10,13-15,17,19H,7-8,11-12H2,1-6H3,(H,25,26)/t13-,14?,17-,19?/m0/s1. The van der Waals surface area contributed by atoms with Crippen molar-refractivity contribution in [3.63, 3.8) is 0 Å². The van der Waals surface area contributed by atoms with E-state index in [2.05, 4.69) is 24.9 Å². The summed E-state index contributed by atoms with van der Waals surface area (Å²) in [6, 6.07) is -0.381. The van der Waals surface area contributed by atoms with Gasteiger partial charge in [-0.05, 0) is 26.7 Å². The molecule has 0 radical (unpaired) electrons. The van der Waals surface area contributed by atoms with Gasteiger partial charge in [0.25, 0.3) is 0 Å². The van der Waals surface area contributed by atoms with Crippen LogP contribution < -0.4 is 9.46 Å². The Morgan fingerprint density at radius 1 is 1.11 bits per heavy atom. The number of sulfonamides is 1. The molecular weight excluding hydrogens is 480 g/mol. The molecule has 1 N–H and O–H groups in total. The lowest BCUT2D eigenvalue weighted by atomic mass is 10.2. The first kappa shape index (κ1) is 27.2. The summed E-state index contributed by atoms with van der Waals surface area (Å²) in [5.41, 5.74) is 0.346. The quantitative estimate of drug-likeness (QED) is 0.416. The van der Waals surface area contributed by atoms with Crippen LogP contribution >= 0.6 is 0 Å². The van der Waals surface area contributed by atoms with Crippen molar-refractivity contribution in [1.29, 1.82) is 0 Å². The van der Waals surface area contributed by atoms with Gasteiger partial charge in [0.05, 0.1) is 50.6 Å². The van der Waals surface area contributed by atoms with Crippen LogP contribution in [0.15, 0.2) is 12.4 Å². The summed E-state index contributed by atoms with van der Waals surface area (Å²) < 4.78 is 58.4. The number of nitrogens with one attached hydrogen (secondary N) is 1. The van der Waals surface area contributed by atoms with Gasteiger partial charge in [0.1, 0.15) is 17.5 Å². The molecule has 1 saturated heterocycles. The predicted molar refractivity (Wildman–Crippen MR) is 126 cm³/mol. The molecule has 2 unspecified atom stereocenters. The first-order valence-corrected chi connectivity index (χ1v) is 12.8. The highest BCUT2D eigenvalue weighted by atomic mass is 32.2. The van der Waals surface area contributed by atoms with Gasteiger partial charge in [-0.25, -0.2) is 13.4 Å². The van der Waals surface area contributed by atoms with Crippen molar-refractivity contribution < 1.29 is 32.1 Å². The summed E-state index contributed by atoms with van der Waals surface area (Å²) >= 11 is 0. The molecule has 3 heterocycles. The van der Waals surface area contributed by atoms with Gasteiger partial charge in [0.15, 0.2) is 5.82 Å². The van der Waals surface area contributed by atoms with Gasteiger partial charge in [-0.3, -0.25) is 14.3 Å². The SMILES string of the molecule is COCC(COC)n1c(NS(=O)(=O)C(C)C(OC)c2cnc(OC)cn2)nnc1[C@@H]1CC[C@H](C)O1. The van der Waals surface area contributed by atoms with Crippen molar-refractivity contribution in [2.75, 3.05) is 46.4 Å². The van der Waals surface area contributed by atoms with Gasteiger partial charge in [0, 0.05) is 21.3 Å². The number of rotatable bonds is 13. The number of hydrogen-bond acceptors (Lipinski definition) is 11. The van der Waals surface area contributed by atoms with Crippen molar-refractivity contribution in [2.45, 2.75) is 56.3 Å². The van der Waals surface area contributed by atoms with E-state index in [1.807, 2.05) is 6.92 Å². The van der Waals surface area contributed by atoms with E-state index in [0.29, 0.717) is 17.4 Å². The zero-order chi connectivity index (χ0) is 25.6. The van der Waals surface area contributed by atoms with Gasteiger partial charge in [0.2, 0.25) is 21.9 Å². The Labute approximate surface area is 205 Å². The Kier molecular flexibility index (Phi) is 9.35. The molecule has 35 heavy (non-hydrogen) atoms. The van der Waals surface area contributed by atoms with E-state index >= 15 is 0 Å². The fourth-order valence-electron chi connectivity index (χ4n) is 4.04. The van der Waals surface area contributed by atoms with Gasteiger partial charge in [-0.15, -0.1) is 10.2 Å². The summed E-state index contributed by atoms with van der Waals surface area (Å²) in [5.74, 6) is 0.872. The van der Waals surface area contributed by atoms with E-state index in [-0.39, 0.29) is 37.4 Å². The molecule has 0 spiro atoms. The molecule has 0 aliphatic carbocycles. The number of methoxy groups -OCH3 is 4. The van der Waals surface area contributed by atoms with Crippen LogP contribution in [0.4, 0.5) is 5.95 Å². The summed E-state index contributed by atoms with van der Waals surface area (Å²) in [4.78, 5) is 8.33. The smallest absolute Gasteiger partial charge is 0.240 e. The summed E-state index contributed by atoms with van der Waals surface area (Å²) in [7, 11) is 1.99. The zero-order valence-electron chi connectivity index (χ0n) is 20.9. The molecule has 14 heteroatoms. The molecule has 196 valence electrons. The minimum atomic E-state index is -4.02. The van der Waals surface area contributed by atoms with Gasteiger partial charge < -0.3 is 23.7 Å². The molecule has 1 aliphatic heterocycles. The van der Waals surface area contributed by atoms with Crippen LogP contribution in [-0.2, 0) is 29.0 Å². The van der Waals surface area contributed by atoms with Gasteiger partial charge in [-0.1, -0.05) is 0 Å². The highest BCUT2D eigenvalue weighted by molar-refractivity contribution is 7.93. The highest BCUT2D eigenvalue weighted by Gasteiger charge is 2.36. The summed E-state index contributed by atoms with van der Waals surface area (Å²) in [6.45, 7) is 4.02. The van der Waals surface area contributed by atoms with Crippen molar-refractivity contribution in [3.8, 4) is 5.88 Å². The summed E-state index contributed by atoms with van der Waals surface area (Å²) in [6.07, 6.45) is 3.30. The second kappa shape index (κ2) is 12.0. The van der Waals surface area contributed by atoms with E-state index in [1.54, 1.807) is 18.8 Å². The average molecular weight is 515 g/mol. The number of hydrogen-bond donors (Lipinski definition) is 1. The average Bonchev–Trinajstić information content (AvgIpc) is 3.45. The number of aromatic nitrogens is 5. The minimum Gasteiger partial charge on any atom is -0.480 e. The topological polar surface area (TPSA) is 149 Å². The predicted octanol–water partition coefficient (Wildman–Crippen LogP) is 1.67. The van der Waals surface area contributed by atoms with Crippen LogP contribution in [0, 0.1) is 0 Å². The third-order valence-corrected chi connectivity index (χ3v) is 7.57. The lowest BCUT2D eigenvalue weighted by molar-refractivity contribution is 0.0406. The second-order valence-electron chi connectivity index (χ2n) is 8.32. The Balaban J connectivity index is 1.93. The van der Waals surface area contributed by atoms with E-state index < -0.39 is 21.4 Å². The maximum atomic E-state index is 13.4. The van der Waals surface area contributed by atoms with E-state index in [4.69, 9.17) is 23.7 Å². The normalized spacial score (nSPS) is 20.2. The molecule has 1 fully saturated rings. The Hall–Kier alpha value is -2.39. The van der Waals surface area contributed by atoms with E-state index in [1.165, 1.54) is 33.5 Å². The minimum absolute atomic E-state index is 0.0461. The van der Waals surface area contributed by atoms with Crippen molar-refractivity contribution >= 4 is 16.0 Å². The number of anilines is 1. The van der Waals surface area contributed by atoms with Crippen molar-refractivity contribution in [1.82, 2.24) is 24.7 Å². The lowest BCUT2D eigenvalue weighted by Gasteiger charge is -2.25. The number of nitrogens with zero attached hydrogens (tertiary/aromatic N) is 5. The first-order chi connectivity index (χ1) is 16.7. The maximum Gasteiger partial charge on any atom is 0.240 e. The van der Waals surface area contributed by atoms with Crippen LogP contribution in [0.5, 0.6) is 5.88 Å². The lowest BCUT2D eigenvalue weighted by Crippen LogP contribution is -2.34. The largest absolute Gasteiger partial charge is 0.480 e. The molecule has 0 aromatic carbocycles. The fourth-order valence-corrected chi connectivity index (χ4v) is 5.20. The zero-order valence-corrected chi connectivity index (χ0v) is 21.7. The molecule has 13 nitrogen and oxygen atoms in total. The van der Waals surface area contributed by atoms with Crippen LogP contribution in [-0.4, -0.2) is 86.2 Å². The van der Waals surface area contributed by atoms with Crippen LogP contribution in [0.25, 0.3) is 0 Å². The second-order valence-corrected chi connectivity index (χ2v) is 10.4. The highest BCUT2D eigenvalue weighted by Crippen LogP contribution is 2.35. The molecule has 1 aliphatic rings. The van der Waals surface area contributed by atoms with Crippen LogP contribution in [0.1, 0.15) is 56.5 Å².